The summed E-state index contributed by atoms with van der Waals surface area (Å²) in [5.74, 6) is 0.284. The van der Waals surface area contributed by atoms with Gasteiger partial charge < -0.3 is 10.2 Å². The lowest BCUT2D eigenvalue weighted by Gasteiger charge is -2.29. The van der Waals surface area contributed by atoms with Gasteiger partial charge in [0.05, 0.1) is 0 Å². The summed E-state index contributed by atoms with van der Waals surface area (Å²) in [5.41, 5.74) is 0.798. The Labute approximate surface area is 117 Å². The molecule has 1 aliphatic heterocycles. The predicted octanol–water partition coefficient (Wildman–Crippen LogP) is 2.17. The second-order valence-electron chi connectivity index (χ2n) is 4.83. The number of carbonyl (C=O) groups is 1. The Hall–Kier alpha value is -0.710. The van der Waals surface area contributed by atoms with Crippen molar-refractivity contribution >= 4 is 21.7 Å². The van der Waals surface area contributed by atoms with E-state index in [1.807, 2.05) is 31.2 Å². The molecule has 0 bridgehead atoms. The molecule has 4 heteroatoms. The second kappa shape index (κ2) is 6.45. The average Bonchev–Trinajstić information content (AvgIpc) is 2.39. The standard InChI is InChI=1S/C14H19BrN2O/c1-11(10-17-7-5-16-6-8-17)14(18)12-3-2-4-13(15)9-12/h2-4,9,11,16H,5-8,10H2,1H3. The maximum atomic E-state index is 12.3. The molecule has 1 aromatic rings. The van der Waals surface area contributed by atoms with Gasteiger partial charge in [-0.2, -0.15) is 0 Å². The first-order valence-corrected chi connectivity index (χ1v) is 7.19. The van der Waals surface area contributed by atoms with Gasteiger partial charge in [-0.3, -0.25) is 4.79 Å². The van der Waals surface area contributed by atoms with E-state index < -0.39 is 0 Å². The molecule has 1 N–H and O–H groups in total. The molecule has 3 nitrogen and oxygen atoms in total. The van der Waals surface area contributed by atoms with Gasteiger partial charge in [0.1, 0.15) is 0 Å². The lowest BCUT2D eigenvalue weighted by Crippen LogP contribution is -2.45. The number of hydrogen-bond acceptors (Lipinski definition) is 3. The highest BCUT2D eigenvalue weighted by atomic mass is 79.9. The average molecular weight is 311 g/mol. The van der Waals surface area contributed by atoms with Crippen molar-refractivity contribution in [1.82, 2.24) is 10.2 Å². The van der Waals surface area contributed by atoms with Gasteiger partial charge in [0.2, 0.25) is 0 Å². The van der Waals surface area contributed by atoms with Crippen LogP contribution >= 0.6 is 15.9 Å². The zero-order valence-electron chi connectivity index (χ0n) is 10.7. The fourth-order valence-electron chi connectivity index (χ4n) is 2.29. The van der Waals surface area contributed by atoms with E-state index in [2.05, 4.69) is 26.1 Å². The fourth-order valence-corrected chi connectivity index (χ4v) is 2.69. The minimum atomic E-state index is 0.0531. The van der Waals surface area contributed by atoms with Crippen molar-refractivity contribution in [3.05, 3.63) is 34.3 Å². The third-order valence-corrected chi connectivity index (χ3v) is 3.79. The number of carbonyl (C=O) groups excluding carboxylic acids is 1. The Morgan fingerprint density at radius 2 is 2.17 bits per heavy atom. The van der Waals surface area contributed by atoms with E-state index >= 15 is 0 Å². The summed E-state index contributed by atoms with van der Waals surface area (Å²) < 4.78 is 0.961. The van der Waals surface area contributed by atoms with E-state index in [1.54, 1.807) is 0 Å². The molecule has 0 spiro atoms. The van der Waals surface area contributed by atoms with Crippen molar-refractivity contribution in [2.75, 3.05) is 32.7 Å². The number of nitrogens with one attached hydrogen (secondary N) is 1. The van der Waals surface area contributed by atoms with Gasteiger partial charge in [-0.1, -0.05) is 35.0 Å². The Morgan fingerprint density at radius 1 is 1.44 bits per heavy atom. The number of Topliss-reactive ketones (excluding diaryl/α,β-unsaturated/α-hetero) is 1. The minimum Gasteiger partial charge on any atom is -0.314 e. The molecule has 0 saturated carbocycles. The van der Waals surface area contributed by atoms with Gasteiger partial charge in [0.15, 0.2) is 5.78 Å². The first kappa shape index (κ1) is 13.7. The summed E-state index contributed by atoms with van der Waals surface area (Å²) in [4.78, 5) is 14.7. The third-order valence-electron chi connectivity index (χ3n) is 3.30. The number of halogens is 1. The van der Waals surface area contributed by atoms with Crippen LogP contribution in [0.5, 0.6) is 0 Å². The van der Waals surface area contributed by atoms with E-state index in [1.165, 1.54) is 0 Å². The SMILES string of the molecule is CC(CN1CCNCC1)C(=O)c1cccc(Br)c1. The smallest absolute Gasteiger partial charge is 0.166 e. The van der Waals surface area contributed by atoms with Crippen molar-refractivity contribution in [2.45, 2.75) is 6.92 Å². The van der Waals surface area contributed by atoms with Gasteiger partial charge in [-0.15, -0.1) is 0 Å². The van der Waals surface area contributed by atoms with Gasteiger partial charge >= 0.3 is 0 Å². The number of rotatable bonds is 4. The molecule has 1 heterocycles. The zero-order chi connectivity index (χ0) is 13.0. The zero-order valence-corrected chi connectivity index (χ0v) is 12.2. The van der Waals surface area contributed by atoms with Gasteiger partial charge in [0, 0.05) is 48.7 Å². The van der Waals surface area contributed by atoms with Crippen LogP contribution < -0.4 is 5.32 Å². The highest BCUT2D eigenvalue weighted by Gasteiger charge is 2.19. The van der Waals surface area contributed by atoms with Crippen LogP contribution in [-0.2, 0) is 0 Å². The first-order valence-electron chi connectivity index (χ1n) is 6.39. The molecule has 1 atom stereocenters. The van der Waals surface area contributed by atoms with Crippen LogP contribution in [0.15, 0.2) is 28.7 Å². The lowest BCUT2D eigenvalue weighted by atomic mass is 9.98. The van der Waals surface area contributed by atoms with Crippen molar-refractivity contribution in [3.8, 4) is 0 Å². The highest BCUT2D eigenvalue weighted by Crippen LogP contribution is 2.16. The van der Waals surface area contributed by atoms with Crippen molar-refractivity contribution < 1.29 is 4.79 Å². The van der Waals surface area contributed by atoms with Gasteiger partial charge in [0.25, 0.3) is 0 Å². The lowest BCUT2D eigenvalue weighted by molar-refractivity contribution is 0.0887. The molecular formula is C14H19BrN2O. The summed E-state index contributed by atoms with van der Waals surface area (Å²) in [6.07, 6.45) is 0. The van der Waals surface area contributed by atoms with E-state index in [-0.39, 0.29) is 11.7 Å². The number of piperazine rings is 1. The van der Waals surface area contributed by atoms with Gasteiger partial charge in [-0.05, 0) is 12.1 Å². The van der Waals surface area contributed by atoms with E-state index in [9.17, 15) is 4.79 Å². The molecule has 0 aromatic heterocycles. The van der Waals surface area contributed by atoms with Crippen LogP contribution in [0, 0.1) is 5.92 Å². The summed E-state index contributed by atoms with van der Waals surface area (Å²) in [6.45, 7) is 7.00. The number of benzene rings is 1. The summed E-state index contributed by atoms with van der Waals surface area (Å²) in [5, 5.41) is 3.32. The molecule has 1 aliphatic rings. The molecular weight excluding hydrogens is 292 g/mol. The topological polar surface area (TPSA) is 32.3 Å². The second-order valence-corrected chi connectivity index (χ2v) is 5.74. The van der Waals surface area contributed by atoms with Crippen LogP contribution in [0.25, 0.3) is 0 Å². The molecule has 98 valence electrons. The Balaban J connectivity index is 1.95. The molecule has 2 rings (SSSR count). The van der Waals surface area contributed by atoms with Gasteiger partial charge in [-0.25, -0.2) is 0 Å². The number of hydrogen-bond donors (Lipinski definition) is 1. The Morgan fingerprint density at radius 3 is 2.83 bits per heavy atom. The maximum Gasteiger partial charge on any atom is 0.166 e. The summed E-state index contributed by atoms with van der Waals surface area (Å²) >= 11 is 3.41. The molecule has 0 radical (unpaired) electrons. The monoisotopic (exact) mass is 310 g/mol. The molecule has 1 aromatic carbocycles. The number of ketones is 1. The van der Waals surface area contributed by atoms with Crippen molar-refractivity contribution in [1.29, 1.82) is 0 Å². The first-order chi connectivity index (χ1) is 8.66. The molecule has 1 saturated heterocycles. The van der Waals surface area contributed by atoms with E-state index in [4.69, 9.17) is 0 Å². The van der Waals surface area contributed by atoms with Crippen molar-refractivity contribution in [3.63, 3.8) is 0 Å². The maximum absolute atomic E-state index is 12.3. The van der Waals surface area contributed by atoms with Crippen LogP contribution in [-0.4, -0.2) is 43.4 Å². The summed E-state index contributed by atoms with van der Waals surface area (Å²) in [6, 6.07) is 7.64. The Kier molecular flexibility index (Phi) is 4.92. The third kappa shape index (κ3) is 3.64. The predicted molar refractivity (Wildman–Crippen MR) is 76.9 cm³/mol. The van der Waals surface area contributed by atoms with Crippen LogP contribution in [0.3, 0.4) is 0 Å². The summed E-state index contributed by atoms with van der Waals surface area (Å²) in [7, 11) is 0. The molecule has 0 aliphatic carbocycles. The molecule has 18 heavy (non-hydrogen) atoms. The fraction of sp³-hybridized carbons (Fsp3) is 0.500. The van der Waals surface area contributed by atoms with Crippen molar-refractivity contribution in [2.24, 2.45) is 5.92 Å². The van der Waals surface area contributed by atoms with Crippen LogP contribution in [0.4, 0.5) is 0 Å². The number of nitrogens with zero attached hydrogens (tertiary/aromatic N) is 1. The molecule has 1 fully saturated rings. The minimum absolute atomic E-state index is 0.0531. The van der Waals surface area contributed by atoms with E-state index in [0.29, 0.717) is 0 Å². The Bertz CT molecular complexity index is 416. The van der Waals surface area contributed by atoms with E-state index in [0.717, 1.165) is 42.8 Å². The highest BCUT2D eigenvalue weighted by molar-refractivity contribution is 9.10. The molecule has 0 amide bonds. The largest absolute Gasteiger partial charge is 0.314 e. The quantitative estimate of drug-likeness (QED) is 0.865. The van der Waals surface area contributed by atoms with Crippen LogP contribution in [0.2, 0.25) is 0 Å². The molecule has 1 unspecified atom stereocenters. The van der Waals surface area contributed by atoms with Crippen LogP contribution in [0.1, 0.15) is 17.3 Å². The normalized spacial score (nSPS) is 18.6.